The van der Waals surface area contributed by atoms with Crippen molar-refractivity contribution in [3.8, 4) is 0 Å². The van der Waals surface area contributed by atoms with Crippen LogP contribution in [0.5, 0.6) is 0 Å². The van der Waals surface area contributed by atoms with Gasteiger partial charge in [0.15, 0.2) is 0 Å². The minimum Gasteiger partial charge on any atom is -0.481 e. The first-order valence-electron chi connectivity index (χ1n) is 6.75. The Kier molecular flexibility index (Phi) is 6.54. The van der Waals surface area contributed by atoms with Crippen LogP contribution in [0.15, 0.2) is 36.7 Å². The van der Waals surface area contributed by atoms with E-state index in [0.29, 0.717) is 17.9 Å². The molecule has 2 N–H and O–H groups in total. The van der Waals surface area contributed by atoms with E-state index in [1.807, 2.05) is 18.2 Å². The molecule has 0 saturated heterocycles. The Labute approximate surface area is 136 Å². The number of benzene rings is 1. The van der Waals surface area contributed by atoms with Crippen LogP contribution < -0.4 is 5.32 Å². The smallest absolute Gasteiger partial charge is 0.304 e. The molecule has 1 aromatic carbocycles. The number of pyridine rings is 1. The molecule has 1 amide bonds. The molecule has 0 bridgehead atoms. The molecule has 0 atom stereocenters. The lowest BCUT2D eigenvalue weighted by Crippen LogP contribution is -2.25. The Morgan fingerprint density at radius 3 is 2.82 bits per heavy atom. The summed E-state index contributed by atoms with van der Waals surface area (Å²) >= 11 is 0. The van der Waals surface area contributed by atoms with Crippen LogP contribution in [0.3, 0.4) is 0 Å². The van der Waals surface area contributed by atoms with E-state index in [1.54, 1.807) is 29.3 Å². The number of carbonyl (C=O) groups excluding carboxylic acids is 1. The van der Waals surface area contributed by atoms with Crippen molar-refractivity contribution >= 4 is 44.2 Å². The van der Waals surface area contributed by atoms with Crippen LogP contribution in [0.25, 0.3) is 10.8 Å². The molecular weight excluding hydrogens is 320 g/mol. The van der Waals surface area contributed by atoms with Gasteiger partial charge in [-0.15, -0.1) is 0 Å². The molecule has 1 aromatic heterocycles. The second-order valence-electron chi connectivity index (χ2n) is 4.45. The Morgan fingerprint density at radius 1 is 1.18 bits per heavy atom. The van der Waals surface area contributed by atoms with E-state index in [0.717, 1.165) is 16.5 Å². The minimum absolute atomic E-state index is 0.104. The Balaban J connectivity index is 1.78. The number of aliphatic carboxylic acids is 1. The topological polar surface area (TPSA) is 79.3 Å². The molecule has 1 heterocycles. The van der Waals surface area contributed by atoms with Gasteiger partial charge in [-0.3, -0.25) is 14.6 Å². The lowest BCUT2D eigenvalue weighted by molar-refractivity contribution is -0.136. The van der Waals surface area contributed by atoms with Gasteiger partial charge in [-0.05, 0) is 17.5 Å². The number of hydrogen-bond acceptors (Lipinski definition) is 5. The van der Waals surface area contributed by atoms with Crippen LogP contribution in [-0.4, -0.2) is 40.0 Å². The van der Waals surface area contributed by atoms with Gasteiger partial charge in [0.05, 0.1) is 6.42 Å². The molecule has 5 nitrogen and oxygen atoms in total. The first kappa shape index (κ1) is 16.6. The zero-order valence-corrected chi connectivity index (χ0v) is 13.5. The number of carboxylic acids is 1. The molecule has 22 heavy (non-hydrogen) atoms. The molecule has 0 aliphatic carbocycles. The van der Waals surface area contributed by atoms with Gasteiger partial charge < -0.3 is 10.4 Å². The molecule has 0 fully saturated rings. The van der Waals surface area contributed by atoms with Crippen molar-refractivity contribution in [2.45, 2.75) is 6.42 Å². The largest absolute Gasteiger partial charge is 0.481 e. The predicted molar refractivity (Wildman–Crippen MR) is 91.2 cm³/mol. The summed E-state index contributed by atoms with van der Waals surface area (Å²) in [5.74, 6) is 0.423. The number of nitrogens with zero attached hydrogens (tertiary/aromatic N) is 1. The van der Waals surface area contributed by atoms with Crippen LogP contribution in [0.4, 0.5) is 0 Å². The number of carbonyl (C=O) groups is 2. The zero-order valence-electron chi connectivity index (χ0n) is 11.8. The third-order valence-electron chi connectivity index (χ3n) is 2.88. The second kappa shape index (κ2) is 8.65. The van der Waals surface area contributed by atoms with E-state index < -0.39 is 5.97 Å². The lowest BCUT2D eigenvalue weighted by Gasteiger charge is -2.07. The number of rotatable bonds is 8. The zero-order chi connectivity index (χ0) is 15.8. The van der Waals surface area contributed by atoms with Gasteiger partial charge in [-0.25, -0.2) is 0 Å². The Hall–Kier alpha value is -1.73. The van der Waals surface area contributed by atoms with Crippen molar-refractivity contribution < 1.29 is 14.7 Å². The summed E-state index contributed by atoms with van der Waals surface area (Å²) in [5.41, 5.74) is 0.642. The molecule has 0 spiro atoms. The van der Waals surface area contributed by atoms with Gasteiger partial charge in [0.2, 0.25) is 0 Å². The van der Waals surface area contributed by atoms with Crippen molar-refractivity contribution in [3.63, 3.8) is 0 Å². The maximum atomic E-state index is 12.2. The van der Waals surface area contributed by atoms with Crippen molar-refractivity contribution in [1.82, 2.24) is 10.3 Å². The van der Waals surface area contributed by atoms with Gasteiger partial charge in [0.25, 0.3) is 5.91 Å². The normalized spacial score (nSPS) is 10.5. The fraction of sp³-hybridized carbons (Fsp3) is 0.267. The van der Waals surface area contributed by atoms with E-state index in [4.69, 9.17) is 5.11 Å². The van der Waals surface area contributed by atoms with E-state index in [9.17, 15) is 9.59 Å². The highest BCUT2D eigenvalue weighted by Crippen LogP contribution is 2.21. The number of fused-ring (bicyclic) bond motifs is 1. The molecule has 0 aliphatic rings. The molecule has 0 unspecified atom stereocenters. The average molecular weight is 336 g/mol. The Morgan fingerprint density at radius 2 is 2.00 bits per heavy atom. The van der Waals surface area contributed by atoms with Crippen molar-refractivity contribution in [2.75, 3.05) is 18.1 Å². The SMILES string of the molecule is O=C(O)CCSSCCNC(=O)c1cccc2cnccc12. The first-order valence-corrected chi connectivity index (χ1v) is 9.24. The lowest BCUT2D eigenvalue weighted by atomic mass is 10.1. The number of nitrogens with one attached hydrogen (secondary N) is 1. The summed E-state index contributed by atoms with van der Waals surface area (Å²) in [6, 6.07) is 7.40. The third kappa shape index (κ3) is 4.92. The molecule has 0 saturated carbocycles. The van der Waals surface area contributed by atoms with E-state index in [2.05, 4.69) is 10.3 Å². The molecule has 7 heteroatoms. The fourth-order valence-electron chi connectivity index (χ4n) is 1.87. The van der Waals surface area contributed by atoms with Crippen molar-refractivity contribution in [3.05, 3.63) is 42.2 Å². The fourth-order valence-corrected chi connectivity index (χ4v) is 3.75. The van der Waals surface area contributed by atoms with Crippen LogP contribution in [0.1, 0.15) is 16.8 Å². The monoisotopic (exact) mass is 336 g/mol. The van der Waals surface area contributed by atoms with Gasteiger partial charge in [-0.1, -0.05) is 33.7 Å². The van der Waals surface area contributed by atoms with Gasteiger partial charge in [0.1, 0.15) is 0 Å². The number of hydrogen-bond donors (Lipinski definition) is 2. The van der Waals surface area contributed by atoms with Crippen LogP contribution in [0.2, 0.25) is 0 Å². The van der Waals surface area contributed by atoms with E-state index in [1.165, 1.54) is 10.8 Å². The predicted octanol–water partition coefficient (Wildman–Crippen LogP) is 2.82. The molecule has 2 rings (SSSR count). The summed E-state index contributed by atoms with van der Waals surface area (Å²) in [6.45, 7) is 0.547. The summed E-state index contributed by atoms with van der Waals surface area (Å²) in [4.78, 5) is 26.6. The highest BCUT2D eigenvalue weighted by molar-refractivity contribution is 8.76. The summed E-state index contributed by atoms with van der Waals surface area (Å²) in [7, 11) is 3.07. The van der Waals surface area contributed by atoms with Crippen LogP contribution in [0, 0.1) is 0 Å². The Bertz CT molecular complexity index is 659. The van der Waals surface area contributed by atoms with Gasteiger partial charge >= 0.3 is 5.97 Å². The maximum absolute atomic E-state index is 12.2. The minimum atomic E-state index is -0.785. The third-order valence-corrected chi connectivity index (χ3v) is 5.29. The second-order valence-corrected chi connectivity index (χ2v) is 7.15. The number of amides is 1. The standard InChI is InChI=1S/C15H16N2O3S2/c18-14(19)5-8-21-22-9-7-17-15(20)13-3-1-2-11-10-16-6-4-12(11)13/h1-4,6,10H,5,7-9H2,(H,17,20)(H,18,19). The molecular formula is C15H16N2O3S2. The highest BCUT2D eigenvalue weighted by atomic mass is 33.1. The summed E-state index contributed by atoms with van der Waals surface area (Å²) in [5, 5.41) is 13.2. The molecule has 0 radical (unpaired) electrons. The van der Waals surface area contributed by atoms with Crippen LogP contribution >= 0.6 is 21.6 Å². The van der Waals surface area contributed by atoms with Crippen molar-refractivity contribution in [2.24, 2.45) is 0 Å². The molecule has 0 aliphatic heterocycles. The van der Waals surface area contributed by atoms with E-state index >= 15 is 0 Å². The first-order chi connectivity index (χ1) is 10.7. The maximum Gasteiger partial charge on any atom is 0.304 e. The summed E-state index contributed by atoms with van der Waals surface area (Å²) < 4.78 is 0. The summed E-state index contributed by atoms with van der Waals surface area (Å²) in [6.07, 6.45) is 3.57. The van der Waals surface area contributed by atoms with Crippen LogP contribution in [-0.2, 0) is 4.79 Å². The van der Waals surface area contributed by atoms with E-state index in [-0.39, 0.29) is 12.3 Å². The number of carboxylic acid groups (broad SMARTS) is 1. The number of aromatic nitrogens is 1. The van der Waals surface area contributed by atoms with Crippen molar-refractivity contribution in [1.29, 1.82) is 0 Å². The van der Waals surface area contributed by atoms with Gasteiger partial charge in [0, 0.05) is 41.4 Å². The molecule has 2 aromatic rings. The highest BCUT2D eigenvalue weighted by Gasteiger charge is 2.09. The average Bonchev–Trinajstić information content (AvgIpc) is 2.53. The quantitative estimate of drug-likeness (QED) is 0.570. The van der Waals surface area contributed by atoms with Gasteiger partial charge in [-0.2, -0.15) is 0 Å². The molecule has 116 valence electrons.